The van der Waals surface area contributed by atoms with E-state index in [-0.39, 0.29) is 0 Å². The Bertz CT molecular complexity index is 351. The lowest BCUT2D eigenvalue weighted by Gasteiger charge is -2.13. The Kier molecular flexibility index (Phi) is 4.38. The molecule has 0 saturated heterocycles. The highest BCUT2D eigenvalue weighted by Gasteiger charge is 2.03. The smallest absolute Gasteiger partial charge is 0.00174 e. The molecule has 1 unspecified atom stereocenters. The van der Waals surface area contributed by atoms with E-state index in [1.54, 1.807) is 0 Å². The third kappa shape index (κ3) is 3.67. The van der Waals surface area contributed by atoms with Gasteiger partial charge < -0.3 is 5.32 Å². The average molecular weight is 213 g/mol. The van der Waals surface area contributed by atoms with Crippen LogP contribution < -0.4 is 5.32 Å². The van der Waals surface area contributed by atoms with Crippen LogP contribution in [0.5, 0.6) is 0 Å². The van der Waals surface area contributed by atoms with Gasteiger partial charge in [0.15, 0.2) is 0 Å². The molecule has 2 rings (SSSR count). The molecule has 1 aromatic carbocycles. The Labute approximate surface area is 97.9 Å². The number of rotatable bonds is 5. The minimum atomic E-state index is 0.681. The predicted octanol–water partition coefficient (Wildman–Crippen LogP) is 2.95. The third-order valence-electron chi connectivity index (χ3n) is 2.91. The van der Waals surface area contributed by atoms with Crippen molar-refractivity contribution in [3.63, 3.8) is 0 Å². The summed E-state index contributed by atoms with van der Waals surface area (Å²) in [6, 6.07) is 10.6. The highest BCUT2D eigenvalue weighted by atomic mass is 14.8. The molecule has 84 valence electrons. The molecule has 0 spiro atoms. The molecule has 0 bridgehead atoms. The second kappa shape index (κ2) is 6.29. The molecule has 0 amide bonds. The van der Waals surface area contributed by atoms with Gasteiger partial charge in [-0.25, -0.2) is 0 Å². The standard InChI is InChI=1S/C15H19N/c1-3-7-14(8-4-1)11-12-16-13-15-9-5-2-6-10-15/h1-9,15-16H,10-13H2. The summed E-state index contributed by atoms with van der Waals surface area (Å²) in [7, 11) is 0. The summed E-state index contributed by atoms with van der Waals surface area (Å²) in [5.74, 6) is 0.681. The van der Waals surface area contributed by atoms with E-state index in [1.165, 1.54) is 12.0 Å². The topological polar surface area (TPSA) is 12.0 Å². The molecule has 1 aromatic rings. The molecular formula is C15H19N. The quantitative estimate of drug-likeness (QED) is 0.741. The lowest BCUT2D eigenvalue weighted by molar-refractivity contribution is 0.561. The molecule has 0 fully saturated rings. The summed E-state index contributed by atoms with van der Waals surface area (Å²) in [5, 5.41) is 3.52. The van der Waals surface area contributed by atoms with E-state index in [4.69, 9.17) is 0 Å². The number of hydrogen-bond donors (Lipinski definition) is 1. The third-order valence-corrected chi connectivity index (χ3v) is 2.91. The molecule has 16 heavy (non-hydrogen) atoms. The number of benzene rings is 1. The van der Waals surface area contributed by atoms with Gasteiger partial charge in [0.2, 0.25) is 0 Å². The molecular weight excluding hydrogens is 194 g/mol. The van der Waals surface area contributed by atoms with Crippen LogP contribution in [0.4, 0.5) is 0 Å². The van der Waals surface area contributed by atoms with Crippen molar-refractivity contribution < 1.29 is 0 Å². The van der Waals surface area contributed by atoms with Gasteiger partial charge in [0.25, 0.3) is 0 Å². The van der Waals surface area contributed by atoms with Crippen LogP contribution in [0.2, 0.25) is 0 Å². The van der Waals surface area contributed by atoms with Gasteiger partial charge in [0.05, 0.1) is 0 Å². The number of nitrogens with one attached hydrogen (secondary N) is 1. The molecule has 1 N–H and O–H groups in total. The van der Waals surface area contributed by atoms with E-state index in [0.29, 0.717) is 5.92 Å². The lowest BCUT2D eigenvalue weighted by Crippen LogP contribution is -2.24. The molecule has 0 aliphatic heterocycles. The Morgan fingerprint density at radius 3 is 2.75 bits per heavy atom. The first-order chi connectivity index (χ1) is 7.95. The van der Waals surface area contributed by atoms with Gasteiger partial charge in [-0.2, -0.15) is 0 Å². The Hall–Kier alpha value is -1.34. The maximum absolute atomic E-state index is 3.52. The minimum absolute atomic E-state index is 0.681. The zero-order valence-corrected chi connectivity index (χ0v) is 9.60. The molecule has 0 saturated carbocycles. The van der Waals surface area contributed by atoms with Gasteiger partial charge in [-0.1, -0.05) is 54.6 Å². The zero-order valence-electron chi connectivity index (χ0n) is 9.60. The normalized spacial score (nSPS) is 18.9. The van der Waals surface area contributed by atoms with Crippen LogP contribution in [0, 0.1) is 5.92 Å². The minimum Gasteiger partial charge on any atom is -0.316 e. The van der Waals surface area contributed by atoms with E-state index in [2.05, 4.69) is 60.0 Å². The van der Waals surface area contributed by atoms with Crippen LogP contribution in [0.25, 0.3) is 0 Å². The largest absolute Gasteiger partial charge is 0.316 e. The van der Waals surface area contributed by atoms with Crippen LogP contribution in [-0.2, 0) is 6.42 Å². The second-order valence-corrected chi connectivity index (χ2v) is 4.25. The van der Waals surface area contributed by atoms with E-state index >= 15 is 0 Å². The van der Waals surface area contributed by atoms with Gasteiger partial charge in [0.1, 0.15) is 0 Å². The maximum atomic E-state index is 3.52. The Balaban J connectivity index is 1.62. The first-order valence-electron chi connectivity index (χ1n) is 6.03. The molecule has 1 atom stereocenters. The van der Waals surface area contributed by atoms with Gasteiger partial charge >= 0.3 is 0 Å². The SMILES string of the molecule is C1=CCC(CNCCc2ccccc2)C=C1. The van der Waals surface area contributed by atoms with Crippen molar-refractivity contribution in [2.24, 2.45) is 5.92 Å². The van der Waals surface area contributed by atoms with Crippen LogP contribution in [0.15, 0.2) is 54.6 Å². The first-order valence-corrected chi connectivity index (χ1v) is 6.03. The fourth-order valence-corrected chi connectivity index (χ4v) is 1.95. The van der Waals surface area contributed by atoms with Gasteiger partial charge in [-0.15, -0.1) is 0 Å². The van der Waals surface area contributed by atoms with Crippen molar-refractivity contribution in [1.29, 1.82) is 0 Å². The number of hydrogen-bond acceptors (Lipinski definition) is 1. The highest BCUT2D eigenvalue weighted by molar-refractivity contribution is 5.15. The summed E-state index contributed by atoms with van der Waals surface area (Å²) in [6.07, 6.45) is 11.1. The van der Waals surface area contributed by atoms with E-state index < -0.39 is 0 Å². The summed E-state index contributed by atoms with van der Waals surface area (Å²) < 4.78 is 0. The summed E-state index contributed by atoms with van der Waals surface area (Å²) >= 11 is 0. The van der Waals surface area contributed by atoms with Gasteiger partial charge in [-0.05, 0) is 30.9 Å². The zero-order chi connectivity index (χ0) is 11.1. The highest BCUT2D eigenvalue weighted by Crippen LogP contribution is 2.09. The molecule has 0 radical (unpaired) electrons. The summed E-state index contributed by atoms with van der Waals surface area (Å²) in [6.45, 7) is 2.16. The maximum Gasteiger partial charge on any atom is 0.00174 e. The van der Waals surface area contributed by atoms with E-state index in [1.807, 2.05) is 0 Å². The molecule has 0 aromatic heterocycles. The molecule has 1 heteroatoms. The average Bonchev–Trinajstić information content (AvgIpc) is 2.37. The monoisotopic (exact) mass is 213 g/mol. The van der Waals surface area contributed by atoms with Crippen LogP contribution in [-0.4, -0.2) is 13.1 Å². The van der Waals surface area contributed by atoms with Crippen molar-refractivity contribution in [3.8, 4) is 0 Å². The molecule has 1 aliphatic rings. The van der Waals surface area contributed by atoms with Gasteiger partial charge in [-0.3, -0.25) is 0 Å². The van der Waals surface area contributed by atoms with Crippen LogP contribution in [0.1, 0.15) is 12.0 Å². The summed E-state index contributed by atoms with van der Waals surface area (Å²) in [5.41, 5.74) is 1.41. The fraction of sp³-hybridized carbons (Fsp3) is 0.333. The fourth-order valence-electron chi connectivity index (χ4n) is 1.95. The number of allylic oxidation sites excluding steroid dienone is 3. The predicted molar refractivity (Wildman–Crippen MR) is 69.4 cm³/mol. The first kappa shape index (κ1) is 11.2. The van der Waals surface area contributed by atoms with Crippen molar-refractivity contribution in [2.45, 2.75) is 12.8 Å². The van der Waals surface area contributed by atoms with Gasteiger partial charge in [0, 0.05) is 6.54 Å². The van der Waals surface area contributed by atoms with Crippen LogP contribution in [0.3, 0.4) is 0 Å². The van der Waals surface area contributed by atoms with Crippen molar-refractivity contribution in [3.05, 3.63) is 60.2 Å². The van der Waals surface area contributed by atoms with E-state index in [9.17, 15) is 0 Å². The van der Waals surface area contributed by atoms with E-state index in [0.717, 1.165) is 19.5 Å². The molecule has 1 nitrogen and oxygen atoms in total. The van der Waals surface area contributed by atoms with Crippen molar-refractivity contribution in [2.75, 3.05) is 13.1 Å². The second-order valence-electron chi connectivity index (χ2n) is 4.25. The van der Waals surface area contributed by atoms with Crippen LogP contribution >= 0.6 is 0 Å². The molecule has 0 heterocycles. The Morgan fingerprint density at radius 1 is 1.12 bits per heavy atom. The Morgan fingerprint density at radius 2 is 2.00 bits per heavy atom. The van der Waals surface area contributed by atoms with Crippen molar-refractivity contribution in [1.82, 2.24) is 5.32 Å². The van der Waals surface area contributed by atoms with Crippen molar-refractivity contribution >= 4 is 0 Å². The summed E-state index contributed by atoms with van der Waals surface area (Å²) in [4.78, 5) is 0. The molecule has 1 aliphatic carbocycles. The lowest BCUT2D eigenvalue weighted by atomic mass is 10.0.